The molecule has 81 heavy (non-hydrogen) atoms. The first-order chi connectivity index (χ1) is 39.6. The number of furan rings is 1. The zero-order valence-corrected chi connectivity index (χ0v) is 45.3. The van der Waals surface area contributed by atoms with Gasteiger partial charge >= 0.3 is 0 Å². The Balaban J connectivity index is 0.00000542. The molecule has 0 aliphatic carbocycles. The van der Waals surface area contributed by atoms with Crippen LogP contribution in [-0.2, 0) is 21.1 Å². The van der Waals surface area contributed by atoms with Crippen LogP contribution < -0.4 is 9.30 Å². The summed E-state index contributed by atoms with van der Waals surface area (Å²) in [5, 5.41) is 9.15. The van der Waals surface area contributed by atoms with Crippen molar-refractivity contribution >= 4 is 98.4 Å². The van der Waals surface area contributed by atoms with Gasteiger partial charge in [-0.3, -0.25) is 4.57 Å². The molecule has 0 radical (unpaired) electrons. The molecule has 0 aliphatic rings. The first-order valence-corrected chi connectivity index (χ1v) is 26.8. The Kier molecular flexibility index (Phi) is 10.6. The average Bonchev–Trinajstić information content (AvgIpc) is 4.43. The number of nitrogens with zero attached hydrogens (tertiary/aromatic N) is 6. The summed E-state index contributed by atoms with van der Waals surface area (Å²) >= 11 is 0. The number of hydrogen-bond donors (Lipinski definition) is 0. The second kappa shape index (κ2) is 18.4. The van der Waals surface area contributed by atoms with Crippen LogP contribution in [0.4, 0.5) is 0 Å². The fraction of sp³-hybridized carbons (Fsp3) is 0. The van der Waals surface area contributed by atoms with Crippen molar-refractivity contribution < 1.29 is 34.8 Å². The molecule has 9 heteroatoms. The van der Waals surface area contributed by atoms with Crippen LogP contribution in [0.1, 0.15) is 0 Å². The van der Waals surface area contributed by atoms with Crippen LogP contribution in [0.3, 0.4) is 0 Å². The summed E-state index contributed by atoms with van der Waals surface area (Å²) < 4.78 is 24.0. The Bertz CT molecular complexity index is 5130. The van der Waals surface area contributed by atoms with Crippen molar-refractivity contribution in [3.05, 3.63) is 273 Å². The van der Waals surface area contributed by atoms with Gasteiger partial charge in [0.25, 0.3) is 6.33 Å². The molecule has 17 aromatic rings. The smallest absolute Gasteiger partial charge is 0.268 e. The molecule has 0 N–H and O–H groups in total. The van der Waals surface area contributed by atoms with Gasteiger partial charge in [0.1, 0.15) is 17.0 Å². The summed E-state index contributed by atoms with van der Waals surface area (Å²) in [6.45, 7) is 0. The van der Waals surface area contributed by atoms with Gasteiger partial charge in [0.05, 0.1) is 38.8 Å². The minimum atomic E-state index is 0. The quantitative estimate of drug-likeness (QED) is 0.113. The third kappa shape index (κ3) is 7.34. The molecule has 17 rings (SSSR count). The van der Waals surface area contributed by atoms with E-state index in [1.54, 1.807) is 0 Å². The van der Waals surface area contributed by atoms with E-state index in [1.165, 1.54) is 21.5 Å². The number of para-hydroxylation sites is 8. The van der Waals surface area contributed by atoms with Crippen molar-refractivity contribution in [1.82, 2.24) is 23.3 Å². The van der Waals surface area contributed by atoms with Gasteiger partial charge in [-0.25, -0.2) is 4.98 Å². The third-order valence-corrected chi connectivity index (χ3v) is 15.8. The Morgan fingerprint density at radius 2 is 0.938 bits per heavy atom. The van der Waals surface area contributed by atoms with Crippen LogP contribution in [-0.4, -0.2) is 23.3 Å². The molecular weight excluding hydrogens is 1180 g/mol. The van der Waals surface area contributed by atoms with E-state index in [9.17, 15) is 0 Å². The van der Waals surface area contributed by atoms with E-state index in [1.807, 2.05) is 65.4 Å². The van der Waals surface area contributed by atoms with Crippen LogP contribution >= 0.6 is 0 Å². The van der Waals surface area contributed by atoms with E-state index < -0.39 is 0 Å². The van der Waals surface area contributed by atoms with E-state index >= 15 is 0 Å². The Morgan fingerprint density at radius 1 is 0.395 bits per heavy atom. The molecule has 11 aromatic carbocycles. The van der Waals surface area contributed by atoms with Gasteiger partial charge in [-0.05, 0) is 102 Å². The maximum atomic E-state index is 6.69. The van der Waals surface area contributed by atoms with Crippen LogP contribution in [0.25, 0.3) is 138 Å². The topological polar surface area (TPSA) is 58.9 Å². The maximum absolute atomic E-state index is 6.69. The summed E-state index contributed by atoms with van der Waals surface area (Å²) in [5.74, 6) is 1.88. The average molecular weight is 1220 g/mol. The fourth-order valence-corrected chi connectivity index (χ4v) is 12.3. The zero-order chi connectivity index (χ0) is 52.4. The van der Waals surface area contributed by atoms with Crippen LogP contribution in [0, 0.1) is 18.5 Å². The first-order valence-electron chi connectivity index (χ1n) is 26.8. The van der Waals surface area contributed by atoms with Gasteiger partial charge < -0.3 is 27.4 Å². The van der Waals surface area contributed by atoms with Crippen molar-refractivity contribution in [2.75, 3.05) is 0 Å². The summed E-state index contributed by atoms with van der Waals surface area (Å²) in [5.41, 5.74) is 16.1. The predicted octanol–water partition coefficient (Wildman–Crippen LogP) is 17.4. The molecule has 0 unspecified atom stereocenters. The van der Waals surface area contributed by atoms with Gasteiger partial charge in [-0.15, -0.1) is 29.7 Å². The van der Waals surface area contributed by atoms with Crippen LogP contribution in [0.5, 0.6) is 11.5 Å². The van der Waals surface area contributed by atoms with E-state index in [0.29, 0.717) is 11.5 Å². The molecule has 6 heterocycles. The minimum Gasteiger partial charge on any atom is -0.510 e. The monoisotopic (exact) mass is 1220 g/mol. The second-order valence-corrected chi connectivity index (χ2v) is 20.4. The largest absolute Gasteiger partial charge is 0.510 e. The minimum absolute atomic E-state index is 0. The zero-order valence-electron chi connectivity index (χ0n) is 43.1. The number of rotatable bonds is 8. The number of hydrogen-bond acceptors (Lipinski definition) is 3. The number of pyridine rings is 1. The van der Waals surface area contributed by atoms with E-state index in [2.05, 4.69) is 231 Å². The summed E-state index contributed by atoms with van der Waals surface area (Å²) in [6.07, 6.45) is 5.64. The van der Waals surface area contributed by atoms with Gasteiger partial charge in [-0.2, -0.15) is 18.2 Å². The number of fused-ring (bicyclic) bond motifs is 13. The predicted molar refractivity (Wildman–Crippen MR) is 321 cm³/mol. The maximum Gasteiger partial charge on any atom is 0.268 e. The SMILES string of the molecule is [Pt].[c-]1c(Oc2[c-]c3c(cc2)c2ccccc2n3-c2ccc(-c3cc(-n4c5ccccc5c5ccccc54)cc(-n4c5ccccc5c5ccccc54)c3)cn2)cccc1-n1[c-][n+](-c2ccc3oc4ccccc4c3c2)c2ccccc21. The molecule has 0 fully saturated rings. The van der Waals surface area contributed by atoms with Crippen molar-refractivity contribution in [1.29, 1.82) is 0 Å². The van der Waals surface area contributed by atoms with Crippen LogP contribution in [0.15, 0.2) is 259 Å². The summed E-state index contributed by atoms with van der Waals surface area (Å²) in [6, 6.07) is 94.5. The number of imidazole rings is 1. The molecule has 0 atom stereocenters. The van der Waals surface area contributed by atoms with E-state index in [0.717, 1.165) is 117 Å². The molecule has 0 saturated carbocycles. The third-order valence-electron chi connectivity index (χ3n) is 15.8. The molecule has 0 amide bonds. The molecule has 6 aromatic heterocycles. The summed E-state index contributed by atoms with van der Waals surface area (Å²) in [7, 11) is 0. The van der Waals surface area contributed by atoms with Gasteiger partial charge in [0.2, 0.25) is 0 Å². The standard InChI is InChI=1S/C72H42N6O2.Pt/c1-7-24-62-54(18-1)55-19-2-8-25-63(55)76(62)50-38-47(39-51(40-50)77-64-26-9-3-20-56(64)57-21-4-10-27-65(57)77)46-32-37-72(73-44-46)78-66-28-11-5-22-58(66)59-35-34-53(43-69(59)78)79-52-17-15-16-48(41-52)74-45-75(68-30-13-12-29-67(68)74)49-33-36-71-61(42-49)60-23-6-14-31-70(60)80-71;/h1-40,42,44H;/q-2;. The molecule has 0 aliphatic heterocycles. The number of ether oxygens (including phenoxy) is 1. The van der Waals surface area contributed by atoms with Gasteiger partial charge in [-0.1, -0.05) is 139 Å². The second-order valence-electron chi connectivity index (χ2n) is 20.4. The van der Waals surface area contributed by atoms with Crippen molar-refractivity contribution in [3.8, 4) is 51.2 Å². The summed E-state index contributed by atoms with van der Waals surface area (Å²) in [4.78, 5) is 5.28. The van der Waals surface area contributed by atoms with Gasteiger partial charge in [0.15, 0.2) is 0 Å². The van der Waals surface area contributed by atoms with E-state index in [-0.39, 0.29) is 21.1 Å². The number of benzene rings is 11. The molecule has 8 nitrogen and oxygen atoms in total. The van der Waals surface area contributed by atoms with E-state index in [4.69, 9.17) is 14.1 Å². The fourth-order valence-electron chi connectivity index (χ4n) is 12.3. The first kappa shape index (κ1) is 46.8. The molecule has 0 saturated heterocycles. The van der Waals surface area contributed by atoms with Gasteiger partial charge in [0, 0.05) is 93.5 Å². The molecule has 0 spiro atoms. The van der Waals surface area contributed by atoms with Crippen molar-refractivity contribution in [2.45, 2.75) is 0 Å². The Labute approximate surface area is 478 Å². The molecule has 0 bridgehead atoms. The van der Waals surface area contributed by atoms with Crippen molar-refractivity contribution in [2.24, 2.45) is 0 Å². The normalized spacial score (nSPS) is 11.9. The Hall–Kier alpha value is -10.3. The van der Waals surface area contributed by atoms with Crippen molar-refractivity contribution in [3.63, 3.8) is 0 Å². The molecular formula is C72H42N6O2Pt-2. The molecule has 384 valence electrons. The van der Waals surface area contributed by atoms with Crippen LogP contribution in [0.2, 0.25) is 0 Å². The number of aromatic nitrogens is 6. The Morgan fingerprint density at radius 3 is 1.57 bits per heavy atom.